The summed E-state index contributed by atoms with van der Waals surface area (Å²) in [5, 5.41) is 12.0. The Labute approximate surface area is 117 Å². The van der Waals surface area contributed by atoms with E-state index < -0.39 is 0 Å². The van der Waals surface area contributed by atoms with Gasteiger partial charge >= 0.3 is 0 Å². The predicted octanol–water partition coefficient (Wildman–Crippen LogP) is 1.84. The minimum atomic E-state index is -0.345. The van der Waals surface area contributed by atoms with E-state index in [9.17, 15) is 10.1 Å². The molecule has 0 aliphatic carbocycles. The Morgan fingerprint density at radius 1 is 1.15 bits per heavy atom. The molecule has 0 amide bonds. The fourth-order valence-corrected chi connectivity index (χ4v) is 2.76. The molecule has 0 N–H and O–H groups in total. The molecule has 1 aliphatic rings. The third-order valence-corrected chi connectivity index (χ3v) is 4.01. The Kier molecular flexibility index (Phi) is 3.10. The molecule has 1 aromatic heterocycles. The smallest absolute Gasteiger partial charge is 0.271 e. The van der Waals surface area contributed by atoms with Crippen molar-refractivity contribution in [2.24, 2.45) is 7.05 Å². The number of hydrogen-bond acceptors (Lipinski definition) is 4. The Balaban J connectivity index is 2.02. The van der Waals surface area contributed by atoms with Gasteiger partial charge in [-0.2, -0.15) is 0 Å². The van der Waals surface area contributed by atoms with E-state index in [0.717, 1.165) is 37.1 Å². The number of nitro benzene ring substituents is 1. The van der Waals surface area contributed by atoms with Crippen molar-refractivity contribution in [2.75, 3.05) is 38.1 Å². The predicted molar refractivity (Wildman–Crippen MR) is 79.3 cm³/mol. The van der Waals surface area contributed by atoms with Crippen molar-refractivity contribution in [3.8, 4) is 0 Å². The highest BCUT2D eigenvalue weighted by Gasteiger charge is 2.19. The van der Waals surface area contributed by atoms with Gasteiger partial charge in [0.25, 0.3) is 5.69 Å². The second kappa shape index (κ2) is 4.79. The molecule has 2 heterocycles. The van der Waals surface area contributed by atoms with Crippen LogP contribution in [-0.4, -0.2) is 47.6 Å². The molecule has 3 rings (SSSR count). The topological polar surface area (TPSA) is 54.5 Å². The summed E-state index contributed by atoms with van der Waals surface area (Å²) >= 11 is 0. The van der Waals surface area contributed by atoms with Gasteiger partial charge in [-0.1, -0.05) is 0 Å². The molecule has 6 heteroatoms. The molecule has 0 unspecified atom stereocenters. The molecule has 0 spiro atoms. The van der Waals surface area contributed by atoms with Crippen molar-refractivity contribution in [1.29, 1.82) is 0 Å². The van der Waals surface area contributed by atoms with Gasteiger partial charge in [0.2, 0.25) is 0 Å². The van der Waals surface area contributed by atoms with Crippen LogP contribution in [0.3, 0.4) is 0 Å². The molecular formula is C14H18N4O2. The van der Waals surface area contributed by atoms with Crippen molar-refractivity contribution in [3.05, 3.63) is 34.5 Å². The summed E-state index contributed by atoms with van der Waals surface area (Å²) in [4.78, 5) is 15.2. The molecular weight excluding hydrogens is 256 g/mol. The minimum Gasteiger partial charge on any atom is -0.367 e. The van der Waals surface area contributed by atoms with Crippen LogP contribution in [0.15, 0.2) is 24.4 Å². The molecule has 1 aromatic carbocycles. The second-order valence-electron chi connectivity index (χ2n) is 5.37. The highest BCUT2D eigenvalue weighted by molar-refractivity contribution is 5.94. The van der Waals surface area contributed by atoms with Gasteiger partial charge in [0.05, 0.1) is 16.1 Å². The molecule has 1 saturated heterocycles. The molecule has 1 fully saturated rings. The second-order valence-corrected chi connectivity index (χ2v) is 5.37. The highest BCUT2D eigenvalue weighted by atomic mass is 16.6. The third kappa shape index (κ3) is 2.12. The Bertz CT molecular complexity index is 656. The van der Waals surface area contributed by atoms with E-state index in [1.54, 1.807) is 12.1 Å². The van der Waals surface area contributed by atoms with E-state index in [-0.39, 0.29) is 10.6 Å². The molecule has 0 bridgehead atoms. The van der Waals surface area contributed by atoms with Gasteiger partial charge in [0.1, 0.15) is 0 Å². The quantitative estimate of drug-likeness (QED) is 0.619. The normalized spacial score (nSPS) is 16.8. The third-order valence-electron chi connectivity index (χ3n) is 4.01. The van der Waals surface area contributed by atoms with Gasteiger partial charge in [0, 0.05) is 56.9 Å². The molecule has 0 radical (unpaired) electrons. The van der Waals surface area contributed by atoms with Gasteiger partial charge in [0.15, 0.2) is 0 Å². The van der Waals surface area contributed by atoms with Crippen LogP contribution in [0.2, 0.25) is 0 Å². The van der Waals surface area contributed by atoms with Crippen LogP contribution in [0, 0.1) is 10.1 Å². The molecule has 2 aromatic rings. The fraction of sp³-hybridized carbons (Fsp3) is 0.429. The van der Waals surface area contributed by atoms with Crippen LogP contribution in [-0.2, 0) is 7.05 Å². The van der Waals surface area contributed by atoms with Gasteiger partial charge in [-0.05, 0) is 13.1 Å². The first-order chi connectivity index (χ1) is 9.56. The van der Waals surface area contributed by atoms with E-state index in [2.05, 4.69) is 23.0 Å². The Morgan fingerprint density at radius 3 is 2.50 bits per heavy atom. The zero-order valence-electron chi connectivity index (χ0n) is 11.7. The SMILES string of the molecule is CN1CCN(c2cn(C)c3cc([N+](=O)[O-])ccc23)CC1. The average molecular weight is 274 g/mol. The summed E-state index contributed by atoms with van der Waals surface area (Å²) in [6.45, 7) is 4.08. The van der Waals surface area contributed by atoms with Crippen molar-refractivity contribution >= 4 is 22.3 Å². The van der Waals surface area contributed by atoms with E-state index >= 15 is 0 Å². The lowest BCUT2D eigenvalue weighted by Crippen LogP contribution is -2.44. The van der Waals surface area contributed by atoms with Crippen LogP contribution in [0.25, 0.3) is 10.9 Å². The van der Waals surface area contributed by atoms with Crippen molar-refractivity contribution in [3.63, 3.8) is 0 Å². The van der Waals surface area contributed by atoms with E-state index in [0.29, 0.717) is 0 Å². The number of anilines is 1. The van der Waals surface area contributed by atoms with Crippen molar-refractivity contribution in [2.45, 2.75) is 0 Å². The molecule has 20 heavy (non-hydrogen) atoms. The summed E-state index contributed by atoms with van der Waals surface area (Å²) in [6, 6.07) is 5.10. The van der Waals surface area contributed by atoms with Crippen LogP contribution >= 0.6 is 0 Å². The van der Waals surface area contributed by atoms with Gasteiger partial charge in [-0.25, -0.2) is 0 Å². The number of rotatable bonds is 2. The first kappa shape index (κ1) is 12.9. The lowest BCUT2D eigenvalue weighted by Gasteiger charge is -2.33. The standard InChI is InChI=1S/C14H18N4O2/c1-15-5-7-17(8-6-15)14-10-16(2)13-9-11(18(19)20)3-4-12(13)14/h3-4,9-10H,5-8H2,1-2H3. The number of non-ortho nitro benzene ring substituents is 1. The number of nitro groups is 1. The summed E-state index contributed by atoms with van der Waals surface area (Å²) in [7, 11) is 4.06. The van der Waals surface area contributed by atoms with Crippen molar-refractivity contribution in [1.82, 2.24) is 9.47 Å². The Hall–Kier alpha value is -2.08. The fourth-order valence-electron chi connectivity index (χ4n) is 2.76. The van der Waals surface area contributed by atoms with E-state index in [4.69, 9.17) is 0 Å². The maximum atomic E-state index is 10.9. The number of aryl methyl sites for hydroxylation is 1. The van der Waals surface area contributed by atoms with E-state index in [1.807, 2.05) is 17.7 Å². The van der Waals surface area contributed by atoms with Crippen LogP contribution in [0.4, 0.5) is 11.4 Å². The first-order valence-corrected chi connectivity index (χ1v) is 6.73. The lowest BCUT2D eigenvalue weighted by molar-refractivity contribution is -0.384. The summed E-state index contributed by atoms with van der Waals surface area (Å²) < 4.78 is 1.97. The zero-order valence-corrected chi connectivity index (χ0v) is 11.7. The number of fused-ring (bicyclic) bond motifs is 1. The monoisotopic (exact) mass is 274 g/mol. The Morgan fingerprint density at radius 2 is 1.85 bits per heavy atom. The van der Waals surface area contributed by atoms with E-state index in [1.165, 1.54) is 5.69 Å². The number of likely N-dealkylation sites (N-methyl/N-ethyl adjacent to an activating group) is 1. The summed E-state index contributed by atoms with van der Waals surface area (Å²) in [6.07, 6.45) is 2.07. The number of hydrogen-bond donors (Lipinski definition) is 0. The summed E-state index contributed by atoms with van der Waals surface area (Å²) in [5.41, 5.74) is 2.22. The maximum absolute atomic E-state index is 10.9. The van der Waals surface area contributed by atoms with Crippen LogP contribution in [0.1, 0.15) is 0 Å². The molecule has 0 atom stereocenters. The summed E-state index contributed by atoms with van der Waals surface area (Å²) in [5.74, 6) is 0. The highest BCUT2D eigenvalue weighted by Crippen LogP contribution is 2.31. The molecule has 1 aliphatic heterocycles. The first-order valence-electron chi connectivity index (χ1n) is 6.73. The van der Waals surface area contributed by atoms with Crippen molar-refractivity contribution < 1.29 is 4.92 Å². The number of nitrogens with zero attached hydrogens (tertiary/aromatic N) is 4. The molecule has 106 valence electrons. The lowest BCUT2D eigenvalue weighted by atomic mass is 10.2. The molecule has 6 nitrogen and oxygen atoms in total. The van der Waals surface area contributed by atoms with Crippen LogP contribution < -0.4 is 4.90 Å². The van der Waals surface area contributed by atoms with Gasteiger partial charge < -0.3 is 14.4 Å². The average Bonchev–Trinajstić information content (AvgIpc) is 2.76. The van der Waals surface area contributed by atoms with Crippen LogP contribution in [0.5, 0.6) is 0 Å². The van der Waals surface area contributed by atoms with Gasteiger partial charge in [-0.3, -0.25) is 10.1 Å². The minimum absolute atomic E-state index is 0.142. The zero-order chi connectivity index (χ0) is 14.3. The maximum Gasteiger partial charge on any atom is 0.271 e. The molecule has 0 saturated carbocycles. The largest absolute Gasteiger partial charge is 0.367 e. The number of benzene rings is 1. The number of aromatic nitrogens is 1. The van der Waals surface area contributed by atoms with Gasteiger partial charge in [-0.15, -0.1) is 0 Å². The number of piperazine rings is 1.